The summed E-state index contributed by atoms with van der Waals surface area (Å²) >= 11 is 6.34. The third-order valence-corrected chi connectivity index (χ3v) is 7.16. The highest BCUT2D eigenvalue weighted by molar-refractivity contribution is 6.31. The fraction of sp³-hybridized carbons (Fsp3) is 0.444. The summed E-state index contributed by atoms with van der Waals surface area (Å²) in [5.41, 5.74) is 2.27. The molecule has 3 aliphatic heterocycles. The molecule has 0 radical (unpaired) electrons. The molecule has 3 fully saturated rings. The molecule has 3 saturated heterocycles. The van der Waals surface area contributed by atoms with E-state index in [1.165, 1.54) is 0 Å². The van der Waals surface area contributed by atoms with Crippen LogP contribution < -0.4 is 10.2 Å². The number of piperidine rings is 1. The molecule has 0 amide bonds. The first-order valence-corrected chi connectivity index (χ1v) is 12.6. The quantitative estimate of drug-likeness (QED) is 0.336. The smallest absolute Gasteiger partial charge is 0.310 e. The number of fused-ring (bicyclic) bond motifs is 3. The van der Waals surface area contributed by atoms with E-state index in [4.69, 9.17) is 21.3 Å². The number of ether oxygens (including phenoxy) is 1. The summed E-state index contributed by atoms with van der Waals surface area (Å²) in [5, 5.41) is 5.17. The molecule has 0 spiro atoms. The zero-order valence-corrected chi connectivity index (χ0v) is 20.5. The van der Waals surface area contributed by atoms with Crippen molar-refractivity contribution in [2.24, 2.45) is 5.92 Å². The van der Waals surface area contributed by atoms with Crippen molar-refractivity contribution in [3.63, 3.8) is 0 Å². The second kappa shape index (κ2) is 9.51. The zero-order chi connectivity index (χ0) is 23.7. The number of halogens is 1. The van der Waals surface area contributed by atoms with Gasteiger partial charge in [0, 0.05) is 47.4 Å². The molecule has 3 aliphatic rings. The van der Waals surface area contributed by atoms with Gasteiger partial charge in [-0.15, -0.1) is 0 Å². The van der Waals surface area contributed by atoms with Crippen molar-refractivity contribution in [2.45, 2.75) is 57.7 Å². The third-order valence-electron chi connectivity index (χ3n) is 6.94. The van der Waals surface area contributed by atoms with E-state index in [-0.39, 0.29) is 11.9 Å². The van der Waals surface area contributed by atoms with Crippen LogP contribution in [0.3, 0.4) is 0 Å². The number of benzene rings is 1. The lowest BCUT2D eigenvalue weighted by Gasteiger charge is -2.56. The predicted molar refractivity (Wildman–Crippen MR) is 136 cm³/mol. The average molecular weight is 479 g/mol. The molecule has 3 unspecified atom stereocenters. The van der Waals surface area contributed by atoms with Gasteiger partial charge in [0.15, 0.2) is 5.72 Å². The molecule has 2 bridgehead atoms. The topological polar surface area (TPSA) is 67.3 Å². The molecule has 0 aliphatic carbocycles. The number of hydrogen-bond acceptors (Lipinski definition) is 6. The van der Waals surface area contributed by atoms with Crippen LogP contribution in [0.1, 0.15) is 46.0 Å². The molecule has 5 heterocycles. The van der Waals surface area contributed by atoms with Crippen LogP contribution in [0.5, 0.6) is 0 Å². The van der Waals surface area contributed by atoms with Gasteiger partial charge < -0.3 is 9.64 Å². The Balaban J connectivity index is 1.29. The minimum atomic E-state index is -0.603. The number of nitrogens with one attached hydrogen (secondary N) is 1. The van der Waals surface area contributed by atoms with E-state index >= 15 is 0 Å². The van der Waals surface area contributed by atoms with E-state index in [9.17, 15) is 4.79 Å². The Morgan fingerprint density at radius 2 is 2.15 bits per heavy atom. The lowest BCUT2D eigenvalue weighted by Crippen LogP contribution is -2.77. The Morgan fingerprint density at radius 1 is 1.29 bits per heavy atom. The zero-order valence-electron chi connectivity index (χ0n) is 19.8. The van der Waals surface area contributed by atoms with Crippen LogP contribution >= 0.6 is 11.6 Å². The number of hydrogen-bond donors (Lipinski definition) is 1. The Morgan fingerprint density at radius 3 is 2.91 bits per heavy atom. The van der Waals surface area contributed by atoms with Gasteiger partial charge in [0.05, 0.1) is 18.0 Å². The minimum Gasteiger partial charge on any atom is -0.442 e. The maximum atomic E-state index is 12.7. The molecule has 1 N–H and O–H groups in total. The number of pyridine rings is 2. The highest BCUT2D eigenvalue weighted by Gasteiger charge is 2.53. The van der Waals surface area contributed by atoms with Crippen LogP contribution in [0.2, 0.25) is 5.02 Å². The Kier molecular flexibility index (Phi) is 6.45. The minimum absolute atomic E-state index is 0.0726. The maximum Gasteiger partial charge on any atom is 0.310 e. The Hall–Kier alpha value is -2.70. The first-order chi connectivity index (χ1) is 16.5. The number of carbonyl (C=O) groups excluding carboxylic acids is 1. The summed E-state index contributed by atoms with van der Waals surface area (Å²) in [6.45, 7) is 5.60. The molecule has 34 heavy (non-hydrogen) atoms. The van der Waals surface area contributed by atoms with Gasteiger partial charge in [-0.25, -0.2) is 4.98 Å². The first-order valence-electron chi connectivity index (χ1n) is 12.2. The molecule has 3 atom stereocenters. The number of esters is 1. The van der Waals surface area contributed by atoms with Gasteiger partial charge in [-0.1, -0.05) is 50.8 Å². The number of anilines is 1. The highest BCUT2D eigenvalue weighted by Crippen LogP contribution is 2.37. The highest BCUT2D eigenvalue weighted by atomic mass is 35.5. The van der Waals surface area contributed by atoms with Gasteiger partial charge in [-0.05, 0) is 42.3 Å². The Labute approximate surface area is 205 Å². The van der Waals surface area contributed by atoms with Crippen molar-refractivity contribution in [3.05, 3.63) is 53.8 Å². The van der Waals surface area contributed by atoms with Crippen LogP contribution in [-0.2, 0) is 9.53 Å². The van der Waals surface area contributed by atoms with Crippen molar-refractivity contribution in [3.8, 4) is 11.1 Å². The summed E-state index contributed by atoms with van der Waals surface area (Å²) in [6, 6.07) is 12.2. The van der Waals surface area contributed by atoms with E-state index in [0.29, 0.717) is 17.6 Å². The summed E-state index contributed by atoms with van der Waals surface area (Å²) in [4.78, 5) is 24.1. The first kappa shape index (κ1) is 23.1. The van der Waals surface area contributed by atoms with E-state index < -0.39 is 5.72 Å². The van der Waals surface area contributed by atoms with Gasteiger partial charge in [0.1, 0.15) is 5.82 Å². The monoisotopic (exact) mass is 478 g/mol. The van der Waals surface area contributed by atoms with Crippen molar-refractivity contribution in [1.82, 2.24) is 15.3 Å². The second-order valence-corrected chi connectivity index (χ2v) is 10.1. The number of nitrogens with zero attached hydrogens (tertiary/aromatic N) is 3. The number of piperazine rings is 1. The van der Waals surface area contributed by atoms with E-state index in [2.05, 4.69) is 28.2 Å². The van der Waals surface area contributed by atoms with E-state index in [0.717, 1.165) is 66.5 Å². The fourth-order valence-electron chi connectivity index (χ4n) is 5.12. The van der Waals surface area contributed by atoms with Crippen LogP contribution in [-0.4, -0.2) is 40.8 Å². The maximum absolute atomic E-state index is 12.7. The molecule has 7 heteroatoms. The lowest BCUT2D eigenvalue weighted by molar-refractivity contribution is -0.186. The largest absolute Gasteiger partial charge is 0.442 e. The number of unbranched alkanes of at least 4 members (excludes halogenated alkanes) is 2. The lowest BCUT2D eigenvalue weighted by atomic mass is 9.86. The van der Waals surface area contributed by atoms with Crippen LogP contribution in [0.4, 0.5) is 5.82 Å². The number of aromatic nitrogens is 2. The van der Waals surface area contributed by atoms with Crippen LogP contribution in [0.15, 0.2) is 48.8 Å². The summed E-state index contributed by atoms with van der Waals surface area (Å²) in [5.74, 6) is 0.709. The van der Waals surface area contributed by atoms with E-state index in [1.807, 2.05) is 43.5 Å². The van der Waals surface area contributed by atoms with Crippen LogP contribution in [0, 0.1) is 5.92 Å². The van der Waals surface area contributed by atoms with Crippen LogP contribution in [0.25, 0.3) is 22.0 Å². The van der Waals surface area contributed by atoms with E-state index in [1.54, 1.807) is 6.20 Å². The molecule has 6 rings (SSSR count). The van der Waals surface area contributed by atoms with Gasteiger partial charge in [-0.3, -0.25) is 15.1 Å². The van der Waals surface area contributed by atoms with Crippen molar-refractivity contribution >= 4 is 34.3 Å². The average Bonchev–Trinajstić information content (AvgIpc) is 2.83. The van der Waals surface area contributed by atoms with Gasteiger partial charge in [0.2, 0.25) is 0 Å². The third kappa shape index (κ3) is 4.62. The summed E-state index contributed by atoms with van der Waals surface area (Å²) in [6.07, 6.45) is 8.77. The fourth-order valence-corrected chi connectivity index (χ4v) is 5.33. The van der Waals surface area contributed by atoms with Crippen molar-refractivity contribution in [2.75, 3.05) is 18.0 Å². The molecule has 2 aromatic heterocycles. The molecule has 3 aromatic rings. The summed E-state index contributed by atoms with van der Waals surface area (Å²) < 4.78 is 6.00. The molecule has 0 saturated carbocycles. The molecular formula is C27H31ClN4O2. The molecule has 1 aromatic carbocycles. The van der Waals surface area contributed by atoms with Gasteiger partial charge in [0.25, 0.3) is 0 Å². The normalized spacial score (nSPS) is 22.3. The number of carbonyl (C=O) groups is 1. The molecule has 178 valence electrons. The number of rotatable bonds is 8. The molecule has 6 nitrogen and oxygen atoms in total. The SMILES string of the molecule is CCCCCC(C)C(=O)OC12CC(CN(c3ccc(-c4cc(Cl)cc5ncccc45)cn3)C1)N2. The standard InChI is InChI=1S/C27H31ClN4O2/c1-3-4-5-7-18(2)26(33)34-27-14-21(31-27)16-32(17-27)25-10-9-19(15-30-25)23-12-20(28)13-24-22(23)8-6-11-29-24/h6,8-13,15,18,21,31H,3-5,7,14,16-17H2,1-2H3. The predicted octanol–water partition coefficient (Wildman–Crippen LogP) is 5.59. The van der Waals surface area contributed by atoms with Crippen molar-refractivity contribution < 1.29 is 9.53 Å². The van der Waals surface area contributed by atoms with Crippen molar-refractivity contribution in [1.29, 1.82) is 0 Å². The second-order valence-electron chi connectivity index (χ2n) is 9.67. The van der Waals surface area contributed by atoms with Gasteiger partial charge in [-0.2, -0.15) is 0 Å². The Bertz CT molecular complexity index is 1180. The molecular weight excluding hydrogens is 448 g/mol. The summed E-state index contributed by atoms with van der Waals surface area (Å²) in [7, 11) is 0. The van der Waals surface area contributed by atoms with Gasteiger partial charge >= 0.3 is 5.97 Å².